The predicted molar refractivity (Wildman–Crippen MR) is 129 cm³/mol. The molecule has 2 aliphatic heterocycles. The summed E-state index contributed by atoms with van der Waals surface area (Å²) in [6, 6.07) is 13.2. The number of carbonyl (C=O) groups is 4. The number of hydrogen-bond donors (Lipinski definition) is 2. The first-order valence-electron chi connectivity index (χ1n) is 11.4. The molecule has 0 bridgehead atoms. The third-order valence-electron chi connectivity index (χ3n) is 6.60. The smallest absolute Gasteiger partial charge is 0.334 e. The predicted octanol–water partition coefficient (Wildman–Crippen LogP) is 2.62. The largest absolute Gasteiger partial charge is 0.478 e. The van der Waals surface area contributed by atoms with Crippen LogP contribution in [0, 0.1) is 0 Å². The van der Waals surface area contributed by atoms with Gasteiger partial charge >= 0.3 is 11.9 Å². The molecule has 8 nitrogen and oxygen atoms in total. The van der Waals surface area contributed by atoms with Crippen LogP contribution in [0.5, 0.6) is 5.75 Å². The van der Waals surface area contributed by atoms with Crippen molar-refractivity contribution < 1.29 is 29.0 Å². The average molecular weight is 493 g/mol. The molecule has 9 heteroatoms. The lowest BCUT2D eigenvalue weighted by atomic mass is 9.96. The monoisotopic (exact) mass is 492 g/mol. The number of carboxylic acids is 1. The Hall–Kier alpha value is -3.59. The molecule has 4 atom stereocenters. The zero-order chi connectivity index (χ0) is 24.7. The number of aliphatic carboxylic acids is 1. The number of β-lactam (4-membered cyclic amide) rings is 1. The Balaban J connectivity index is 1.34. The van der Waals surface area contributed by atoms with Gasteiger partial charge in [0.25, 0.3) is 5.91 Å². The van der Waals surface area contributed by atoms with Crippen molar-refractivity contribution in [3.05, 3.63) is 77.0 Å². The van der Waals surface area contributed by atoms with E-state index in [1.54, 1.807) is 43.3 Å². The van der Waals surface area contributed by atoms with Crippen LogP contribution in [0.25, 0.3) is 0 Å². The molecule has 1 fully saturated rings. The molecule has 1 saturated heterocycles. The second-order valence-corrected chi connectivity index (χ2v) is 10.3. The van der Waals surface area contributed by atoms with E-state index in [1.807, 2.05) is 12.1 Å². The van der Waals surface area contributed by atoms with E-state index in [4.69, 9.17) is 4.74 Å². The average Bonchev–Trinajstić information content (AvgIpc) is 3.31. The lowest BCUT2D eigenvalue weighted by molar-refractivity contribution is -0.148. The van der Waals surface area contributed by atoms with Crippen LogP contribution in [-0.4, -0.2) is 50.4 Å². The van der Waals surface area contributed by atoms with Crippen LogP contribution in [0.4, 0.5) is 0 Å². The Morgan fingerprint density at radius 1 is 1.11 bits per heavy atom. The van der Waals surface area contributed by atoms with Gasteiger partial charge in [0.2, 0.25) is 5.91 Å². The van der Waals surface area contributed by atoms with E-state index in [1.165, 1.54) is 28.4 Å². The summed E-state index contributed by atoms with van der Waals surface area (Å²) in [6.45, 7) is 1.74. The van der Waals surface area contributed by atoms with Gasteiger partial charge in [-0.25, -0.2) is 4.79 Å². The minimum Gasteiger partial charge on any atom is -0.478 e. The van der Waals surface area contributed by atoms with Gasteiger partial charge in [0, 0.05) is 11.4 Å². The van der Waals surface area contributed by atoms with Crippen LogP contribution in [0.15, 0.2) is 60.3 Å². The van der Waals surface area contributed by atoms with E-state index >= 15 is 0 Å². The van der Waals surface area contributed by atoms with Crippen LogP contribution >= 0.6 is 11.8 Å². The fourth-order valence-electron chi connectivity index (χ4n) is 4.73. The Labute approximate surface area is 206 Å². The highest BCUT2D eigenvalue weighted by Gasteiger charge is 2.52. The maximum absolute atomic E-state index is 13.3. The molecule has 3 unspecified atom stereocenters. The van der Waals surface area contributed by atoms with E-state index in [0.29, 0.717) is 11.3 Å². The summed E-state index contributed by atoms with van der Waals surface area (Å²) < 4.78 is 5.63. The van der Waals surface area contributed by atoms with E-state index in [0.717, 1.165) is 24.8 Å². The topological polar surface area (TPSA) is 113 Å². The fourth-order valence-corrected chi connectivity index (χ4v) is 6.09. The number of carboxylic acid groups (broad SMARTS) is 1. The van der Waals surface area contributed by atoms with Crippen molar-refractivity contribution in [2.24, 2.45) is 0 Å². The van der Waals surface area contributed by atoms with Crippen molar-refractivity contribution in [2.75, 3.05) is 0 Å². The summed E-state index contributed by atoms with van der Waals surface area (Å²) in [5, 5.41) is 11.2. The Kier molecular flexibility index (Phi) is 6.10. The molecule has 1 aliphatic carbocycles. The standard InChI is InChI=1S/C26H24N2O6S/c1-14-19(25(31)32)13-28-23(30)21(24(28)35-14)27-22(29)20(16-6-3-2-4-7-16)26(33)34-18-11-10-15-8-5-9-17(15)12-18/h2-4,6-7,10-14,20-21,24H,5,8-9H2,1H3,(H,27,29)(H,31,32)/t14?,20?,21?,24-/m1/s1. The van der Waals surface area contributed by atoms with Gasteiger partial charge in [-0.2, -0.15) is 0 Å². The maximum Gasteiger partial charge on any atom is 0.334 e. The molecule has 2 aromatic carbocycles. The van der Waals surface area contributed by atoms with Gasteiger partial charge < -0.3 is 20.1 Å². The Morgan fingerprint density at radius 3 is 2.60 bits per heavy atom. The molecule has 0 radical (unpaired) electrons. The molecule has 3 aliphatic rings. The third-order valence-corrected chi connectivity index (χ3v) is 8.04. The van der Waals surface area contributed by atoms with Gasteiger partial charge in [0.1, 0.15) is 17.2 Å². The number of amides is 2. The minimum atomic E-state index is -1.26. The number of nitrogens with one attached hydrogen (secondary N) is 1. The summed E-state index contributed by atoms with van der Waals surface area (Å²) in [6.07, 6.45) is 4.33. The second-order valence-electron chi connectivity index (χ2n) is 8.84. The Bertz CT molecular complexity index is 1240. The van der Waals surface area contributed by atoms with Crippen molar-refractivity contribution in [3.8, 4) is 5.75 Å². The molecular formula is C26H24N2O6S. The van der Waals surface area contributed by atoms with Crippen molar-refractivity contribution in [1.82, 2.24) is 10.2 Å². The number of ether oxygens (including phenoxy) is 1. The molecule has 0 aromatic heterocycles. The number of benzene rings is 2. The van der Waals surface area contributed by atoms with Crippen LogP contribution in [0.2, 0.25) is 0 Å². The SMILES string of the molecule is CC1S[C@@H]2C(NC(=O)C(C(=O)Oc3ccc4c(c3)CCC4)c3ccccc3)C(=O)N2C=C1C(=O)O. The van der Waals surface area contributed by atoms with Gasteiger partial charge in [-0.3, -0.25) is 14.4 Å². The maximum atomic E-state index is 13.3. The summed E-state index contributed by atoms with van der Waals surface area (Å²) in [7, 11) is 0. The zero-order valence-electron chi connectivity index (χ0n) is 19.0. The minimum absolute atomic E-state index is 0.129. The van der Waals surface area contributed by atoms with E-state index < -0.39 is 41.1 Å². The molecule has 0 spiro atoms. The van der Waals surface area contributed by atoms with Crippen molar-refractivity contribution in [2.45, 2.75) is 48.8 Å². The van der Waals surface area contributed by atoms with Gasteiger partial charge in [-0.05, 0) is 55.0 Å². The van der Waals surface area contributed by atoms with Crippen LogP contribution in [0.3, 0.4) is 0 Å². The van der Waals surface area contributed by atoms with Crippen molar-refractivity contribution >= 4 is 35.5 Å². The number of esters is 1. The fraction of sp³-hybridized carbons (Fsp3) is 0.308. The number of thioether (sulfide) groups is 1. The van der Waals surface area contributed by atoms with E-state index in [2.05, 4.69) is 5.32 Å². The van der Waals surface area contributed by atoms with Gasteiger partial charge in [0.15, 0.2) is 5.92 Å². The molecular weight excluding hydrogens is 468 g/mol. The molecule has 2 N–H and O–H groups in total. The lowest BCUT2D eigenvalue weighted by Gasteiger charge is -2.48. The van der Waals surface area contributed by atoms with E-state index in [9.17, 15) is 24.3 Å². The van der Waals surface area contributed by atoms with Crippen LogP contribution in [0.1, 0.15) is 36.0 Å². The van der Waals surface area contributed by atoms with Gasteiger partial charge in [0.05, 0.1) is 5.57 Å². The number of rotatable bonds is 6. The highest BCUT2D eigenvalue weighted by molar-refractivity contribution is 8.00. The highest BCUT2D eigenvalue weighted by Crippen LogP contribution is 2.40. The molecule has 2 amide bonds. The first kappa shape index (κ1) is 23.2. The van der Waals surface area contributed by atoms with Crippen LogP contribution < -0.4 is 10.1 Å². The number of hydrogen-bond acceptors (Lipinski definition) is 6. The molecule has 180 valence electrons. The van der Waals surface area contributed by atoms with Gasteiger partial charge in [-0.1, -0.05) is 36.4 Å². The first-order valence-corrected chi connectivity index (χ1v) is 12.4. The summed E-state index contributed by atoms with van der Waals surface area (Å²) in [5.74, 6) is -3.74. The normalized spacial score (nSPS) is 23.3. The van der Waals surface area contributed by atoms with Crippen molar-refractivity contribution in [1.29, 1.82) is 0 Å². The molecule has 2 heterocycles. The third kappa shape index (κ3) is 4.32. The number of aryl methyl sites for hydroxylation is 2. The van der Waals surface area contributed by atoms with Crippen LogP contribution in [-0.2, 0) is 32.0 Å². The van der Waals surface area contributed by atoms with Gasteiger partial charge in [-0.15, -0.1) is 11.8 Å². The number of nitrogens with zero attached hydrogens (tertiary/aromatic N) is 1. The summed E-state index contributed by atoms with van der Waals surface area (Å²) >= 11 is 1.28. The molecule has 5 rings (SSSR count). The molecule has 0 saturated carbocycles. The number of fused-ring (bicyclic) bond motifs is 2. The molecule has 2 aromatic rings. The highest BCUT2D eigenvalue weighted by atomic mass is 32.2. The van der Waals surface area contributed by atoms with Crippen molar-refractivity contribution in [3.63, 3.8) is 0 Å². The Morgan fingerprint density at radius 2 is 1.86 bits per heavy atom. The quantitative estimate of drug-likeness (QED) is 0.276. The zero-order valence-corrected chi connectivity index (χ0v) is 19.8. The first-order chi connectivity index (χ1) is 16.8. The van der Waals surface area contributed by atoms with E-state index in [-0.39, 0.29) is 10.8 Å². The molecule has 35 heavy (non-hydrogen) atoms. The lowest BCUT2D eigenvalue weighted by Crippen LogP contribution is -2.69. The second kappa shape index (κ2) is 9.22. The summed E-state index contributed by atoms with van der Waals surface area (Å²) in [4.78, 5) is 52.0. The summed E-state index contributed by atoms with van der Waals surface area (Å²) in [5.41, 5.74) is 2.98. The number of carbonyl (C=O) groups excluding carboxylic acids is 3.